The fourth-order valence-corrected chi connectivity index (χ4v) is 4.28. The van der Waals surface area contributed by atoms with Crippen LogP contribution in [-0.4, -0.2) is 23.7 Å². The fourth-order valence-electron chi connectivity index (χ4n) is 2.83. The SMILES string of the molecule is CC(C)CS(=O)(=O)Nc1ccc(F)c(Nc2ccc3ncn(C)c(=O)c3c2)c1F. The molecule has 29 heavy (non-hydrogen) atoms. The van der Waals surface area contributed by atoms with Gasteiger partial charge >= 0.3 is 0 Å². The molecule has 3 aromatic rings. The Morgan fingerprint density at radius 2 is 1.90 bits per heavy atom. The van der Waals surface area contributed by atoms with E-state index in [9.17, 15) is 22.0 Å². The van der Waals surface area contributed by atoms with E-state index in [4.69, 9.17) is 0 Å². The van der Waals surface area contributed by atoms with E-state index >= 15 is 0 Å². The summed E-state index contributed by atoms with van der Waals surface area (Å²) in [5, 5.41) is 2.86. The van der Waals surface area contributed by atoms with Crippen molar-refractivity contribution < 1.29 is 17.2 Å². The third-order valence-corrected chi connectivity index (χ3v) is 5.73. The van der Waals surface area contributed by atoms with E-state index in [1.807, 2.05) is 0 Å². The van der Waals surface area contributed by atoms with Gasteiger partial charge in [0.1, 0.15) is 11.5 Å². The van der Waals surface area contributed by atoms with E-state index in [0.717, 1.165) is 12.1 Å². The molecule has 0 radical (unpaired) electrons. The number of anilines is 3. The van der Waals surface area contributed by atoms with Crippen molar-refractivity contribution in [3.63, 3.8) is 0 Å². The standard InChI is InChI=1S/C19H20F2N4O3S/c1-11(2)9-29(27,28)24-16-7-5-14(20)18(17(16)21)23-12-4-6-15-13(8-12)19(26)25(3)10-22-15/h4-8,10-11,23-24H,9H2,1-3H3. The summed E-state index contributed by atoms with van der Waals surface area (Å²) in [6, 6.07) is 6.47. The van der Waals surface area contributed by atoms with Crippen LogP contribution in [0.15, 0.2) is 41.5 Å². The number of aryl methyl sites for hydroxylation is 1. The van der Waals surface area contributed by atoms with Crippen molar-refractivity contribution in [2.75, 3.05) is 15.8 Å². The van der Waals surface area contributed by atoms with Gasteiger partial charge in [-0.25, -0.2) is 22.2 Å². The smallest absolute Gasteiger partial charge is 0.260 e. The molecule has 0 saturated carbocycles. The first kappa shape index (κ1) is 20.7. The highest BCUT2D eigenvalue weighted by atomic mass is 32.2. The predicted octanol–water partition coefficient (Wildman–Crippen LogP) is 3.35. The van der Waals surface area contributed by atoms with Crippen molar-refractivity contribution in [2.45, 2.75) is 13.8 Å². The molecule has 0 unspecified atom stereocenters. The zero-order valence-electron chi connectivity index (χ0n) is 16.0. The third kappa shape index (κ3) is 4.53. The Kier molecular flexibility index (Phi) is 5.56. The molecular weight excluding hydrogens is 402 g/mol. The number of hydrogen-bond acceptors (Lipinski definition) is 5. The van der Waals surface area contributed by atoms with Crippen LogP contribution in [0.25, 0.3) is 10.9 Å². The first-order valence-electron chi connectivity index (χ1n) is 8.78. The molecule has 3 rings (SSSR count). The first-order chi connectivity index (χ1) is 13.6. The molecule has 0 bridgehead atoms. The van der Waals surface area contributed by atoms with Gasteiger partial charge in [-0.3, -0.25) is 9.52 Å². The van der Waals surface area contributed by atoms with Crippen LogP contribution in [0.3, 0.4) is 0 Å². The fraction of sp³-hybridized carbons (Fsp3) is 0.263. The lowest BCUT2D eigenvalue weighted by Gasteiger charge is -2.15. The second-order valence-corrected chi connectivity index (χ2v) is 8.85. The molecule has 0 spiro atoms. The average molecular weight is 422 g/mol. The number of aromatic nitrogens is 2. The normalized spacial score (nSPS) is 11.8. The Hall–Kier alpha value is -3.01. The van der Waals surface area contributed by atoms with Crippen LogP contribution in [0, 0.1) is 17.6 Å². The lowest BCUT2D eigenvalue weighted by Crippen LogP contribution is -2.21. The largest absolute Gasteiger partial charge is 0.351 e. The van der Waals surface area contributed by atoms with Crippen LogP contribution in [0.5, 0.6) is 0 Å². The van der Waals surface area contributed by atoms with Crippen LogP contribution in [-0.2, 0) is 17.1 Å². The molecule has 10 heteroatoms. The second-order valence-electron chi connectivity index (χ2n) is 7.08. The van der Waals surface area contributed by atoms with Crippen molar-refractivity contribution in [1.29, 1.82) is 0 Å². The summed E-state index contributed by atoms with van der Waals surface area (Å²) in [6.07, 6.45) is 1.38. The van der Waals surface area contributed by atoms with Gasteiger partial charge in [-0.1, -0.05) is 13.8 Å². The molecule has 0 aliphatic heterocycles. The Labute approximate surface area is 166 Å². The quantitative estimate of drug-likeness (QED) is 0.636. The summed E-state index contributed by atoms with van der Waals surface area (Å²) in [5.41, 5.74) is -0.519. The molecule has 0 fully saturated rings. The lowest BCUT2D eigenvalue weighted by molar-refractivity contribution is 0.582. The number of fused-ring (bicyclic) bond motifs is 1. The molecule has 1 aromatic heterocycles. The van der Waals surface area contributed by atoms with Crippen molar-refractivity contribution in [2.24, 2.45) is 13.0 Å². The minimum absolute atomic E-state index is 0.164. The maximum Gasteiger partial charge on any atom is 0.260 e. The number of rotatable bonds is 6. The molecule has 1 heterocycles. The van der Waals surface area contributed by atoms with Gasteiger partial charge in [0.2, 0.25) is 10.0 Å². The van der Waals surface area contributed by atoms with Gasteiger partial charge in [0.05, 0.1) is 28.7 Å². The topological polar surface area (TPSA) is 93.1 Å². The highest BCUT2D eigenvalue weighted by Crippen LogP contribution is 2.30. The van der Waals surface area contributed by atoms with Crippen LogP contribution in [0.2, 0.25) is 0 Å². The van der Waals surface area contributed by atoms with Crippen molar-refractivity contribution in [3.05, 3.63) is 58.6 Å². The van der Waals surface area contributed by atoms with Crippen molar-refractivity contribution >= 4 is 38.0 Å². The summed E-state index contributed by atoms with van der Waals surface area (Å²) >= 11 is 0. The molecule has 0 aliphatic rings. The number of nitrogens with zero attached hydrogens (tertiary/aromatic N) is 2. The Morgan fingerprint density at radius 3 is 2.59 bits per heavy atom. The number of hydrogen-bond donors (Lipinski definition) is 2. The van der Waals surface area contributed by atoms with E-state index in [2.05, 4.69) is 15.0 Å². The van der Waals surface area contributed by atoms with Crippen LogP contribution in [0.4, 0.5) is 25.8 Å². The highest BCUT2D eigenvalue weighted by molar-refractivity contribution is 7.92. The van der Waals surface area contributed by atoms with E-state index in [1.54, 1.807) is 27.0 Å². The van der Waals surface area contributed by atoms with Gasteiger partial charge < -0.3 is 9.88 Å². The minimum atomic E-state index is -3.79. The van der Waals surface area contributed by atoms with E-state index in [-0.39, 0.29) is 34.0 Å². The summed E-state index contributed by atoms with van der Waals surface area (Å²) in [5.74, 6) is -2.36. The van der Waals surface area contributed by atoms with E-state index < -0.39 is 27.3 Å². The van der Waals surface area contributed by atoms with Crippen molar-refractivity contribution in [1.82, 2.24) is 9.55 Å². The maximum atomic E-state index is 14.8. The summed E-state index contributed by atoms with van der Waals surface area (Å²) in [6.45, 7) is 3.43. The summed E-state index contributed by atoms with van der Waals surface area (Å²) in [7, 11) is -2.25. The van der Waals surface area contributed by atoms with Crippen LogP contribution >= 0.6 is 0 Å². The third-order valence-electron chi connectivity index (χ3n) is 4.10. The lowest BCUT2D eigenvalue weighted by atomic mass is 10.2. The van der Waals surface area contributed by atoms with Crippen molar-refractivity contribution in [3.8, 4) is 0 Å². The van der Waals surface area contributed by atoms with Crippen LogP contribution < -0.4 is 15.6 Å². The van der Waals surface area contributed by atoms with E-state index in [0.29, 0.717) is 5.52 Å². The molecule has 0 saturated heterocycles. The molecule has 0 aliphatic carbocycles. The van der Waals surface area contributed by atoms with E-state index in [1.165, 1.54) is 23.0 Å². The number of benzene rings is 2. The molecule has 2 N–H and O–H groups in total. The average Bonchev–Trinajstić information content (AvgIpc) is 2.63. The second kappa shape index (κ2) is 7.78. The van der Waals surface area contributed by atoms with Gasteiger partial charge in [0.15, 0.2) is 5.82 Å². The minimum Gasteiger partial charge on any atom is -0.351 e. The maximum absolute atomic E-state index is 14.8. The van der Waals surface area contributed by atoms with Gasteiger partial charge in [0.25, 0.3) is 5.56 Å². The number of halogens is 2. The van der Waals surface area contributed by atoms with Crippen LogP contribution in [0.1, 0.15) is 13.8 Å². The molecule has 154 valence electrons. The number of nitrogens with one attached hydrogen (secondary N) is 2. The van der Waals surface area contributed by atoms with Gasteiger partial charge in [-0.15, -0.1) is 0 Å². The monoisotopic (exact) mass is 422 g/mol. The zero-order valence-corrected chi connectivity index (χ0v) is 16.8. The molecule has 7 nitrogen and oxygen atoms in total. The van der Waals surface area contributed by atoms with Gasteiger partial charge in [-0.2, -0.15) is 0 Å². The molecule has 0 amide bonds. The summed E-state index contributed by atoms with van der Waals surface area (Å²) < 4.78 is 56.7. The Balaban J connectivity index is 1.98. The molecule has 0 atom stereocenters. The number of sulfonamides is 1. The Bertz CT molecular complexity index is 1240. The zero-order chi connectivity index (χ0) is 21.3. The summed E-state index contributed by atoms with van der Waals surface area (Å²) in [4.78, 5) is 16.3. The Morgan fingerprint density at radius 1 is 1.17 bits per heavy atom. The molecular formula is C19H20F2N4O3S. The van der Waals surface area contributed by atoms with Gasteiger partial charge in [-0.05, 0) is 36.2 Å². The molecule has 2 aromatic carbocycles. The highest BCUT2D eigenvalue weighted by Gasteiger charge is 2.19. The predicted molar refractivity (Wildman–Crippen MR) is 109 cm³/mol. The first-order valence-corrected chi connectivity index (χ1v) is 10.4. The van der Waals surface area contributed by atoms with Gasteiger partial charge in [0, 0.05) is 12.7 Å².